The molecule has 0 aromatic carbocycles. The number of nitrogens with two attached hydrogens (primary N) is 1. The van der Waals surface area contributed by atoms with E-state index in [9.17, 15) is 0 Å². The van der Waals surface area contributed by atoms with E-state index in [1.165, 1.54) is 45.2 Å². The van der Waals surface area contributed by atoms with Gasteiger partial charge in [0.25, 0.3) is 0 Å². The van der Waals surface area contributed by atoms with Crippen LogP contribution in [0.25, 0.3) is 0 Å². The SMILES string of the molecule is CCN(CC1CC1)C1(CN)CCC(C)CC1C. The molecule has 0 saturated heterocycles. The van der Waals surface area contributed by atoms with Gasteiger partial charge in [-0.1, -0.05) is 20.8 Å². The first-order chi connectivity index (χ1) is 8.12. The molecule has 2 rings (SSSR count). The molecular weight excluding hydrogens is 208 g/mol. The Labute approximate surface area is 107 Å². The molecule has 2 aliphatic carbocycles. The van der Waals surface area contributed by atoms with Crippen LogP contribution in [0.5, 0.6) is 0 Å². The summed E-state index contributed by atoms with van der Waals surface area (Å²) in [7, 11) is 0. The van der Waals surface area contributed by atoms with E-state index in [1.807, 2.05) is 0 Å². The van der Waals surface area contributed by atoms with Gasteiger partial charge in [-0.2, -0.15) is 0 Å². The Kier molecular flexibility index (Phi) is 4.14. The molecule has 0 aromatic rings. The lowest BCUT2D eigenvalue weighted by molar-refractivity contribution is 0.0000794. The van der Waals surface area contributed by atoms with Crippen LogP contribution in [0.15, 0.2) is 0 Å². The van der Waals surface area contributed by atoms with Gasteiger partial charge in [0.1, 0.15) is 0 Å². The molecule has 2 nitrogen and oxygen atoms in total. The zero-order chi connectivity index (χ0) is 12.5. The summed E-state index contributed by atoms with van der Waals surface area (Å²) >= 11 is 0. The molecule has 2 aliphatic rings. The van der Waals surface area contributed by atoms with Gasteiger partial charge in [-0.25, -0.2) is 0 Å². The summed E-state index contributed by atoms with van der Waals surface area (Å²) in [6.45, 7) is 10.5. The van der Waals surface area contributed by atoms with Crippen molar-refractivity contribution < 1.29 is 0 Å². The largest absolute Gasteiger partial charge is 0.329 e. The van der Waals surface area contributed by atoms with Crippen LogP contribution in [0.2, 0.25) is 0 Å². The molecular formula is C15H30N2. The topological polar surface area (TPSA) is 29.3 Å². The standard InChI is InChI=1S/C15H30N2/c1-4-17(10-14-5-6-14)15(11-16)8-7-12(2)9-13(15)3/h12-14H,4-11,16H2,1-3H3. The summed E-state index contributed by atoms with van der Waals surface area (Å²) in [5.41, 5.74) is 6.51. The van der Waals surface area contributed by atoms with Crippen molar-refractivity contribution in [2.75, 3.05) is 19.6 Å². The Morgan fingerprint density at radius 1 is 1.24 bits per heavy atom. The number of nitrogens with zero attached hydrogens (tertiary/aromatic N) is 1. The molecule has 0 aliphatic heterocycles. The van der Waals surface area contributed by atoms with E-state index < -0.39 is 0 Å². The van der Waals surface area contributed by atoms with E-state index in [1.54, 1.807) is 0 Å². The third-order valence-corrected chi connectivity index (χ3v) is 5.28. The van der Waals surface area contributed by atoms with E-state index in [-0.39, 0.29) is 0 Å². The van der Waals surface area contributed by atoms with Crippen molar-refractivity contribution in [2.24, 2.45) is 23.5 Å². The Balaban J connectivity index is 2.09. The van der Waals surface area contributed by atoms with Crippen LogP contribution in [-0.2, 0) is 0 Å². The Morgan fingerprint density at radius 3 is 2.41 bits per heavy atom. The highest BCUT2D eigenvalue weighted by Crippen LogP contribution is 2.42. The highest BCUT2D eigenvalue weighted by atomic mass is 15.2. The van der Waals surface area contributed by atoms with Crippen molar-refractivity contribution in [3.63, 3.8) is 0 Å². The van der Waals surface area contributed by atoms with Crippen molar-refractivity contribution in [1.82, 2.24) is 4.90 Å². The average Bonchev–Trinajstić information content (AvgIpc) is 3.11. The van der Waals surface area contributed by atoms with Crippen molar-refractivity contribution in [1.29, 1.82) is 0 Å². The van der Waals surface area contributed by atoms with Gasteiger partial charge in [0, 0.05) is 18.6 Å². The molecule has 100 valence electrons. The number of hydrogen-bond acceptors (Lipinski definition) is 2. The lowest BCUT2D eigenvalue weighted by Gasteiger charge is -2.51. The van der Waals surface area contributed by atoms with E-state index in [4.69, 9.17) is 5.73 Å². The second-order valence-corrected chi connectivity index (χ2v) is 6.57. The van der Waals surface area contributed by atoms with Crippen LogP contribution < -0.4 is 5.73 Å². The summed E-state index contributed by atoms with van der Waals surface area (Å²) in [5, 5.41) is 0. The fourth-order valence-corrected chi connectivity index (χ4v) is 3.82. The van der Waals surface area contributed by atoms with Gasteiger partial charge in [-0.15, -0.1) is 0 Å². The highest BCUT2D eigenvalue weighted by molar-refractivity contribution is 5.00. The molecule has 3 unspecified atom stereocenters. The molecule has 0 heterocycles. The van der Waals surface area contributed by atoms with Gasteiger partial charge >= 0.3 is 0 Å². The molecule has 3 atom stereocenters. The smallest absolute Gasteiger partial charge is 0.0357 e. The summed E-state index contributed by atoms with van der Waals surface area (Å²) in [6, 6.07) is 0. The molecule has 2 heteroatoms. The van der Waals surface area contributed by atoms with Crippen LogP contribution >= 0.6 is 0 Å². The monoisotopic (exact) mass is 238 g/mol. The molecule has 0 radical (unpaired) electrons. The summed E-state index contributed by atoms with van der Waals surface area (Å²) in [4.78, 5) is 2.72. The minimum absolute atomic E-state index is 0.309. The first kappa shape index (κ1) is 13.4. The van der Waals surface area contributed by atoms with Crippen LogP contribution in [-0.4, -0.2) is 30.1 Å². The second kappa shape index (κ2) is 5.27. The third-order valence-electron chi connectivity index (χ3n) is 5.28. The predicted molar refractivity (Wildman–Crippen MR) is 73.9 cm³/mol. The lowest BCUT2D eigenvalue weighted by atomic mass is 9.69. The quantitative estimate of drug-likeness (QED) is 0.798. The molecule has 0 aromatic heterocycles. The van der Waals surface area contributed by atoms with Crippen LogP contribution in [0.1, 0.15) is 52.9 Å². The van der Waals surface area contributed by atoms with Crippen molar-refractivity contribution in [2.45, 2.75) is 58.4 Å². The first-order valence-corrected chi connectivity index (χ1v) is 7.57. The van der Waals surface area contributed by atoms with Crippen LogP contribution in [0, 0.1) is 17.8 Å². The van der Waals surface area contributed by atoms with Gasteiger partial charge in [0.05, 0.1) is 0 Å². The van der Waals surface area contributed by atoms with E-state index >= 15 is 0 Å². The molecule has 0 spiro atoms. The maximum absolute atomic E-state index is 6.21. The predicted octanol–water partition coefficient (Wildman–Crippen LogP) is 2.87. The molecule has 0 amide bonds. The lowest BCUT2D eigenvalue weighted by Crippen LogP contribution is -2.60. The number of hydrogen-bond donors (Lipinski definition) is 1. The normalized spacial score (nSPS) is 38.6. The van der Waals surface area contributed by atoms with E-state index in [0.717, 1.165) is 24.3 Å². The zero-order valence-corrected chi connectivity index (χ0v) is 11.9. The fourth-order valence-electron chi connectivity index (χ4n) is 3.82. The molecule has 2 fully saturated rings. The molecule has 2 N–H and O–H groups in total. The summed E-state index contributed by atoms with van der Waals surface area (Å²) in [6.07, 6.45) is 6.93. The maximum atomic E-state index is 6.21. The number of likely N-dealkylation sites (N-methyl/N-ethyl adjacent to an activating group) is 1. The van der Waals surface area contributed by atoms with Gasteiger partial charge in [0.15, 0.2) is 0 Å². The van der Waals surface area contributed by atoms with Gasteiger partial charge in [-0.3, -0.25) is 4.90 Å². The van der Waals surface area contributed by atoms with Crippen molar-refractivity contribution in [3.05, 3.63) is 0 Å². The van der Waals surface area contributed by atoms with Crippen LogP contribution in [0.4, 0.5) is 0 Å². The highest BCUT2D eigenvalue weighted by Gasteiger charge is 2.44. The minimum Gasteiger partial charge on any atom is -0.329 e. The zero-order valence-electron chi connectivity index (χ0n) is 11.9. The summed E-state index contributed by atoms with van der Waals surface area (Å²) < 4.78 is 0. The van der Waals surface area contributed by atoms with E-state index in [2.05, 4.69) is 25.7 Å². The fraction of sp³-hybridized carbons (Fsp3) is 1.00. The van der Waals surface area contributed by atoms with Gasteiger partial charge < -0.3 is 5.73 Å². The van der Waals surface area contributed by atoms with Crippen molar-refractivity contribution >= 4 is 0 Å². The Hall–Kier alpha value is -0.0800. The second-order valence-electron chi connectivity index (χ2n) is 6.57. The summed E-state index contributed by atoms with van der Waals surface area (Å²) in [5.74, 6) is 2.63. The molecule has 2 saturated carbocycles. The van der Waals surface area contributed by atoms with Crippen molar-refractivity contribution in [3.8, 4) is 0 Å². The molecule has 17 heavy (non-hydrogen) atoms. The number of rotatable bonds is 5. The van der Waals surface area contributed by atoms with Gasteiger partial charge in [0.2, 0.25) is 0 Å². The minimum atomic E-state index is 0.309. The van der Waals surface area contributed by atoms with Gasteiger partial charge in [-0.05, 0) is 56.4 Å². The average molecular weight is 238 g/mol. The Morgan fingerprint density at radius 2 is 1.94 bits per heavy atom. The Bertz CT molecular complexity index is 249. The first-order valence-electron chi connectivity index (χ1n) is 7.57. The van der Waals surface area contributed by atoms with Crippen LogP contribution in [0.3, 0.4) is 0 Å². The van der Waals surface area contributed by atoms with E-state index in [0.29, 0.717) is 5.54 Å². The molecule has 0 bridgehead atoms. The third kappa shape index (κ3) is 2.68. The maximum Gasteiger partial charge on any atom is 0.0357 e.